The number of aliphatic hydroxyl groups excluding tert-OH is 8. The van der Waals surface area contributed by atoms with Crippen molar-refractivity contribution >= 4 is 31.8 Å². The van der Waals surface area contributed by atoms with E-state index in [9.17, 15) is 70.2 Å². The van der Waals surface area contributed by atoms with Gasteiger partial charge in [0.2, 0.25) is 17.6 Å². The first-order valence-electron chi connectivity index (χ1n) is 18.3. The second-order valence-corrected chi connectivity index (χ2v) is 21.1. The molecular weight excluding hydrogens is 834 g/mol. The monoisotopic (exact) mass is 890 g/mol. The number of aliphatic carboxylic acids is 2. The van der Waals surface area contributed by atoms with Crippen molar-refractivity contribution in [3.63, 3.8) is 0 Å². The second kappa shape index (κ2) is 24.5. The quantitative estimate of drug-likeness (QED) is 0.0538. The van der Waals surface area contributed by atoms with E-state index in [-0.39, 0.29) is 65.7 Å². The first-order chi connectivity index (χ1) is 26.5. The van der Waals surface area contributed by atoms with E-state index in [2.05, 4.69) is 30.3 Å². The number of aliphatic hydroxyl groups is 8. The van der Waals surface area contributed by atoms with Crippen LogP contribution >= 0.6 is 0 Å². The number of ether oxygens (including phenoxy) is 7. The van der Waals surface area contributed by atoms with Crippen LogP contribution < -0.4 is 80.0 Å². The van der Waals surface area contributed by atoms with E-state index in [1.54, 1.807) is 0 Å². The van der Waals surface area contributed by atoms with Crippen LogP contribution in [0, 0.1) is 0 Å². The summed E-state index contributed by atoms with van der Waals surface area (Å²) < 4.78 is 40.1. The van der Waals surface area contributed by atoms with Crippen LogP contribution in [0.3, 0.4) is 0 Å². The van der Waals surface area contributed by atoms with Gasteiger partial charge >= 0.3 is 59.1 Å². The van der Waals surface area contributed by atoms with Crippen LogP contribution in [0.25, 0.3) is 0 Å². The molecule has 0 saturated carbocycles. The third-order valence-corrected chi connectivity index (χ3v) is 11.3. The number of hydrogen-bond acceptors (Lipinski definition) is 21. The molecule has 0 aromatic carbocycles. The molecule has 23 nitrogen and oxygen atoms in total. The van der Waals surface area contributed by atoms with E-state index in [0.29, 0.717) is 6.04 Å². The number of hydrogen-bond donors (Lipinski definition) is 10. The van der Waals surface area contributed by atoms with E-state index in [1.165, 1.54) is 6.92 Å². The summed E-state index contributed by atoms with van der Waals surface area (Å²) in [4.78, 5) is 48.5. The molecule has 3 rings (SSSR count). The molecule has 0 aromatic heterocycles. The fourth-order valence-corrected chi connectivity index (χ4v) is 7.19. The SMILES string of the molecule is CC(=O)N[C@H]1[C@H](OCC[Si](C)(C)C)O[C@H](CO[C@H](C)C(=O)[O-])[C@H](O)[C@@H]1O[C@@H]1O[C@H](CO)[C@H](O)[C@H](O[C@]2(C(=O)[O-])C[C@H](O)[C@@H](NC(C)=O)[C@H]([C@H](O)[C@H](O)CO)O2)[C@H]1O.[Na+].[Na+]. The zero-order chi connectivity index (χ0) is 43.2. The van der Waals surface area contributed by atoms with Crippen molar-refractivity contribution in [2.75, 3.05) is 26.4 Å². The fraction of sp³-hybridized carbons (Fsp3) is 0.879. The molecular formula is C33H56N2Na2O21Si. The molecule has 3 fully saturated rings. The molecule has 330 valence electrons. The van der Waals surface area contributed by atoms with Gasteiger partial charge < -0.3 is 104 Å². The van der Waals surface area contributed by atoms with Gasteiger partial charge in [-0.05, 0) is 13.0 Å². The van der Waals surface area contributed by atoms with Crippen molar-refractivity contribution in [1.82, 2.24) is 10.6 Å². The number of carbonyl (C=O) groups is 4. The normalized spacial score (nSPS) is 36.5. The molecule has 0 radical (unpaired) electrons. The maximum absolute atomic E-state index is 12.8. The van der Waals surface area contributed by atoms with Crippen molar-refractivity contribution in [3.8, 4) is 0 Å². The van der Waals surface area contributed by atoms with Crippen molar-refractivity contribution in [1.29, 1.82) is 0 Å². The van der Waals surface area contributed by atoms with E-state index in [1.807, 2.05) is 0 Å². The van der Waals surface area contributed by atoms with E-state index in [0.717, 1.165) is 13.8 Å². The van der Waals surface area contributed by atoms with Gasteiger partial charge in [0.1, 0.15) is 73.1 Å². The van der Waals surface area contributed by atoms with Crippen LogP contribution in [-0.4, -0.2) is 203 Å². The molecule has 0 bridgehead atoms. The summed E-state index contributed by atoms with van der Waals surface area (Å²) in [6.07, 6.45) is -27.4. The zero-order valence-electron chi connectivity index (χ0n) is 34.4. The molecule has 59 heavy (non-hydrogen) atoms. The van der Waals surface area contributed by atoms with Gasteiger partial charge in [-0.1, -0.05) is 19.6 Å². The summed E-state index contributed by atoms with van der Waals surface area (Å²) in [6, 6.07) is -2.38. The predicted octanol–water partition coefficient (Wildman–Crippen LogP) is -13.9. The zero-order valence-corrected chi connectivity index (χ0v) is 39.4. The summed E-state index contributed by atoms with van der Waals surface area (Å²) in [5.41, 5.74) is 0. The number of amides is 2. The van der Waals surface area contributed by atoms with Crippen molar-refractivity contribution in [2.45, 2.75) is 157 Å². The van der Waals surface area contributed by atoms with Crippen LogP contribution in [0.4, 0.5) is 0 Å². The Balaban J connectivity index is 0.00000870. The molecule has 17 atom stereocenters. The molecule has 3 aliphatic heterocycles. The topological polar surface area (TPSA) is 365 Å². The van der Waals surface area contributed by atoms with Crippen LogP contribution in [0.15, 0.2) is 0 Å². The summed E-state index contributed by atoms with van der Waals surface area (Å²) in [5, 5.41) is 115. The molecule has 0 unspecified atom stereocenters. The molecule has 3 aliphatic rings. The largest absolute Gasteiger partial charge is 1.00 e. The summed E-state index contributed by atoms with van der Waals surface area (Å²) in [7, 11) is -1.71. The van der Waals surface area contributed by atoms with Crippen LogP contribution in [-0.2, 0) is 52.3 Å². The van der Waals surface area contributed by atoms with E-state index in [4.69, 9.17) is 33.2 Å². The molecule has 26 heteroatoms. The number of nitrogens with one attached hydrogen (secondary N) is 2. The smallest absolute Gasteiger partial charge is 0.547 e. The third kappa shape index (κ3) is 15.0. The molecule has 0 spiro atoms. The average molecular weight is 891 g/mol. The minimum absolute atomic E-state index is 0. The number of rotatable bonds is 19. The fourth-order valence-electron chi connectivity index (χ4n) is 6.46. The van der Waals surface area contributed by atoms with Crippen molar-refractivity contribution in [3.05, 3.63) is 0 Å². The van der Waals surface area contributed by atoms with Crippen LogP contribution in [0.1, 0.15) is 27.2 Å². The van der Waals surface area contributed by atoms with Gasteiger partial charge in [-0.15, -0.1) is 0 Å². The summed E-state index contributed by atoms with van der Waals surface area (Å²) in [6.45, 7) is 6.93. The van der Waals surface area contributed by atoms with Crippen LogP contribution in [0.2, 0.25) is 25.7 Å². The minimum atomic E-state index is -3.19. The summed E-state index contributed by atoms with van der Waals surface area (Å²) in [5.74, 6) is -8.44. The number of carbonyl (C=O) groups excluding carboxylic acids is 4. The molecule has 3 saturated heterocycles. The van der Waals surface area contributed by atoms with Gasteiger partial charge in [-0.25, -0.2) is 0 Å². The Kier molecular flexibility index (Phi) is 23.5. The molecule has 0 aliphatic carbocycles. The number of carboxylic acids is 2. The third-order valence-electron chi connectivity index (χ3n) is 9.63. The van der Waals surface area contributed by atoms with Gasteiger partial charge in [0.25, 0.3) is 0 Å². The maximum Gasteiger partial charge on any atom is 1.00 e. The Morgan fingerprint density at radius 3 is 1.93 bits per heavy atom. The minimum Gasteiger partial charge on any atom is -0.547 e. The van der Waals surface area contributed by atoms with E-state index >= 15 is 0 Å². The second-order valence-electron chi connectivity index (χ2n) is 15.5. The van der Waals surface area contributed by atoms with Crippen molar-refractivity contribution < 1.29 is 163 Å². The molecule has 2 amide bonds. The Morgan fingerprint density at radius 1 is 0.864 bits per heavy atom. The Morgan fingerprint density at radius 2 is 1.42 bits per heavy atom. The Bertz CT molecular complexity index is 1370. The van der Waals surface area contributed by atoms with Crippen molar-refractivity contribution in [2.24, 2.45) is 0 Å². The standard InChI is InChI=1S/C33H58N2O21Si.2Na/c1-13(29(46)47)51-12-19-24(44)26(21(35-15(3)39)30(53-19)50-7-8-57(4,5)6)54-31-25(45)28(23(43)18(11-37)52-31)56-33(32(48)49)9-16(40)20(34-14(2)38)27(55-33)22(42)17(41)10-36;;/h13,16-28,30-31,36-37,40-45H,7-12H2,1-6H3,(H,34,38)(H,35,39)(H,46,47)(H,48,49);;/q;2*+1/p-2/t13-,16+,17-,18-,19-,20-,21-,22-,23+,24+,25-,26-,27-,28+,30-,31+,33+;;/m1../s1. The Labute approximate surface area is 385 Å². The molecule has 3 heterocycles. The summed E-state index contributed by atoms with van der Waals surface area (Å²) >= 11 is 0. The number of carboxylic acid groups (broad SMARTS) is 2. The van der Waals surface area contributed by atoms with Gasteiger partial charge in [-0.2, -0.15) is 0 Å². The van der Waals surface area contributed by atoms with Gasteiger partial charge in [0.15, 0.2) is 12.6 Å². The molecule has 10 N–H and O–H groups in total. The van der Waals surface area contributed by atoms with Gasteiger partial charge in [0, 0.05) is 34.9 Å². The Hall–Kier alpha value is -0.503. The first-order valence-corrected chi connectivity index (χ1v) is 22.0. The van der Waals surface area contributed by atoms with E-state index < -0.39 is 162 Å². The average Bonchev–Trinajstić information content (AvgIpc) is 3.11. The van der Waals surface area contributed by atoms with Crippen LogP contribution in [0.5, 0.6) is 0 Å². The van der Waals surface area contributed by atoms with Gasteiger partial charge in [0.05, 0.1) is 44.0 Å². The first kappa shape index (κ1) is 56.5. The molecule has 0 aromatic rings. The maximum atomic E-state index is 12.8. The predicted molar refractivity (Wildman–Crippen MR) is 184 cm³/mol. The van der Waals surface area contributed by atoms with Gasteiger partial charge in [-0.3, -0.25) is 9.59 Å².